The molecule has 0 bridgehead atoms. The number of guanidine groups is 1. The Labute approximate surface area is 136 Å². The fourth-order valence-electron chi connectivity index (χ4n) is 1.88. The zero-order valence-electron chi connectivity index (χ0n) is 13.2. The van der Waals surface area contributed by atoms with Crippen molar-refractivity contribution in [2.45, 2.75) is 30.7 Å². The summed E-state index contributed by atoms with van der Waals surface area (Å²) in [5.41, 5.74) is 11.5. The second kappa shape index (κ2) is 8.49. The summed E-state index contributed by atoms with van der Waals surface area (Å²) in [4.78, 5) is 14.6. The highest BCUT2D eigenvalue weighted by Gasteiger charge is 2.26. The first kappa shape index (κ1) is 18.9. The number of sulfonamides is 1. The van der Waals surface area contributed by atoms with Gasteiger partial charge in [-0.15, -0.1) is 0 Å². The number of hydrogen-bond acceptors (Lipinski definition) is 4. The van der Waals surface area contributed by atoms with Gasteiger partial charge in [0.2, 0.25) is 10.0 Å². The van der Waals surface area contributed by atoms with Gasteiger partial charge in [-0.1, -0.05) is 17.7 Å². The first-order chi connectivity index (χ1) is 10.8. The number of ether oxygens (including phenoxy) is 1. The molecule has 0 radical (unpaired) electrons. The van der Waals surface area contributed by atoms with Crippen LogP contribution in [-0.4, -0.2) is 40.0 Å². The van der Waals surface area contributed by atoms with Crippen LogP contribution in [0.4, 0.5) is 0 Å². The molecule has 0 aliphatic carbocycles. The average molecular weight is 343 g/mol. The van der Waals surface area contributed by atoms with Crippen LogP contribution in [0.2, 0.25) is 0 Å². The molecule has 1 atom stereocenters. The van der Waals surface area contributed by atoms with Crippen LogP contribution in [0, 0.1) is 6.92 Å². The number of hydrogen-bond donors (Lipinski definition) is 4. The number of aryl methyl sites for hydroxylation is 1. The molecule has 8 nitrogen and oxygen atoms in total. The van der Waals surface area contributed by atoms with Gasteiger partial charge < -0.3 is 4.74 Å². The number of nitrogens with one attached hydrogen (secondary N) is 2. The highest BCUT2D eigenvalue weighted by Crippen LogP contribution is 2.12. The van der Waals surface area contributed by atoms with E-state index in [0.29, 0.717) is 13.0 Å². The van der Waals surface area contributed by atoms with Crippen LogP contribution in [0.1, 0.15) is 18.4 Å². The van der Waals surface area contributed by atoms with Gasteiger partial charge in [-0.05, 0) is 31.9 Å². The molecule has 128 valence electrons. The van der Waals surface area contributed by atoms with Gasteiger partial charge in [0.25, 0.3) is 0 Å². The van der Waals surface area contributed by atoms with Crippen molar-refractivity contribution in [3.63, 3.8) is 0 Å². The Balaban J connectivity index is 2.81. The Morgan fingerprint density at radius 3 is 2.43 bits per heavy atom. The molecule has 0 saturated carbocycles. The van der Waals surface area contributed by atoms with E-state index in [1.165, 1.54) is 19.2 Å². The first-order valence-electron chi connectivity index (χ1n) is 7.05. The van der Waals surface area contributed by atoms with Crippen molar-refractivity contribution in [2.24, 2.45) is 11.5 Å². The van der Waals surface area contributed by atoms with Crippen molar-refractivity contribution in [1.29, 1.82) is 0 Å². The first-order valence-corrected chi connectivity index (χ1v) is 8.53. The number of esters is 1. The van der Waals surface area contributed by atoms with Crippen LogP contribution in [0.3, 0.4) is 0 Å². The molecule has 0 unspecified atom stereocenters. The van der Waals surface area contributed by atoms with Gasteiger partial charge >= 0.3 is 11.9 Å². The molecule has 0 aromatic heterocycles. The predicted molar refractivity (Wildman–Crippen MR) is 85.8 cm³/mol. The molecule has 23 heavy (non-hydrogen) atoms. The Hall–Kier alpha value is -2.13. The third-order valence-corrected chi connectivity index (χ3v) is 4.60. The summed E-state index contributed by atoms with van der Waals surface area (Å²) in [5.74, 6) is -0.578. The number of carbonyl (C=O) groups excluding carboxylic acids is 1. The Morgan fingerprint density at radius 2 is 1.91 bits per heavy atom. The molecule has 0 spiro atoms. The zero-order valence-corrected chi connectivity index (χ0v) is 14.0. The monoisotopic (exact) mass is 343 g/mol. The van der Waals surface area contributed by atoms with E-state index in [0.717, 1.165) is 5.56 Å². The van der Waals surface area contributed by atoms with Gasteiger partial charge in [-0.2, -0.15) is 4.72 Å². The normalized spacial score (nSPS) is 12.4. The molecule has 1 aromatic carbocycles. The Bertz CT molecular complexity index is 652. The van der Waals surface area contributed by atoms with Crippen molar-refractivity contribution in [3.05, 3.63) is 29.8 Å². The predicted octanol–water partition coefficient (Wildman–Crippen LogP) is -2.05. The van der Waals surface area contributed by atoms with Crippen molar-refractivity contribution in [3.8, 4) is 0 Å². The standard InChI is InChI=1S/C14H22N4O4S/c1-10-5-7-11(8-6-10)23(20,21)18-12(13(19)22-2)4-3-9-17-14(15)16/h5-8,12,18H,3-4,9H2,1-2H3,(H4,15,16,17)/p+1/t12-/m0/s1. The van der Waals surface area contributed by atoms with E-state index in [1.54, 1.807) is 12.1 Å². The lowest BCUT2D eigenvalue weighted by Crippen LogP contribution is -2.78. The van der Waals surface area contributed by atoms with E-state index in [9.17, 15) is 13.2 Å². The molecule has 0 heterocycles. The summed E-state index contributed by atoms with van der Waals surface area (Å²) in [7, 11) is -2.60. The largest absolute Gasteiger partial charge is 0.468 e. The molecule has 1 rings (SSSR count). The van der Waals surface area contributed by atoms with Crippen LogP contribution < -0.4 is 21.2 Å². The van der Waals surface area contributed by atoms with Gasteiger partial charge in [0.05, 0.1) is 18.6 Å². The second-order valence-electron chi connectivity index (χ2n) is 5.03. The van der Waals surface area contributed by atoms with Crippen molar-refractivity contribution in [2.75, 3.05) is 13.7 Å². The second-order valence-corrected chi connectivity index (χ2v) is 6.75. The van der Waals surface area contributed by atoms with Gasteiger partial charge in [-0.25, -0.2) is 8.42 Å². The van der Waals surface area contributed by atoms with E-state index in [2.05, 4.69) is 14.5 Å². The number of carbonyl (C=O) groups is 1. The van der Waals surface area contributed by atoms with Crippen LogP contribution in [-0.2, 0) is 19.6 Å². The maximum Gasteiger partial charge on any atom is 0.338 e. The highest BCUT2D eigenvalue weighted by atomic mass is 32.2. The number of nitrogens with two attached hydrogens (primary N) is 2. The minimum atomic E-state index is -3.81. The van der Waals surface area contributed by atoms with Crippen molar-refractivity contribution >= 4 is 22.0 Å². The van der Waals surface area contributed by atoms with Gasteiger partial charge in [0.1, 0.15) is 6.04 Å². The van der Waals surface area contributed by atoms with Crippen LogP contribution in [0.15, 0.2) is 29.2 Å². The fourth-order valence-corrected chi connectivity index (χ4v) is 3.10. The summed E-state index contributed by atoms with van der Waals surface area (Å²) >= 11 is 0. The lowest BCUT2D eigenvalue weighted by atomic mass is 10.2. The topological polar surface area (TPSA) is 138 Å². The molecule has 0 amide bonds. The van der Waals surface area contributed by atoms with Crippen LogP contribution in [0.25, 0.3) is 0 Å². The summed E-state index contributed by atoms with van der Waals surface area (Å²) < 4.78 is 31.7. The number of rotatable bonds is 8. The number of methoxy groups -OCH3 is 1. The summed E-state index contributed by atoms with van der Waals surface area (Å²) in [6.07, 6.45) is 0.728. The molecule has 0 fully saturated rings. The highest BCUT2D eigenvalue weighted by molar-refractivity contribution is 7.89. The molecular weight excluding hydrogens is 320 g/mol. The van der Waals surface area contributed by atoms with Crippen LogP contribution >= 0.6 is 0 Å². The Kier molecular flexibility index (Phi) is 6.98. The maximum absolute atomic E-state index is 12.3. The van der Waals surface area contributed by atoms with Gasteiger partial charge in [0.15, 0.2) is 0 Å². The quantitative estimate of drug-likeness (QED) is 0.185. The molecule has 0 aliphatic rings. The van der Waals surface area contributed by atoms with Crippen LogP contribution in [0.5, 0.6) is 0 Å². The van der Waals surface area contributed by atoms with E-state index >= 15 is 0 Å². The Morgan fingerprint density at radius 1 is 1.30 bits per heavy atom. The molecule has 0 saturated heterocycles. The smallest absolute Gasteiger partial charge is 0.338 e. The van der Waals surface area contributed by atoms with Crippen molar-refractivity contribution < 1.29 is 22.9 Å². The molecular formula is C14H23N4O4S+. The van der Waals surface area contributed by atoms with E-state index in [-0.39, 0.29) is 17.3 Å². The third kappa shape index (κ3) is 6.25. The lowest BCUT2D eigenvalue weighted by molar-refractivity contribution is -0.459. The maximum atomic E-state index is 12.3. The zero-order chi connectivity index (χ0) is 17.5. The van der Waals surface area contributed by atoms with E-state index in [4.69, 9.17) is 11.5 Å². The summed E-state index contributed by atoms with van der Waals surface area (Å²) in [6.45, 7) is 2.27. The summed E-state index contributed by atoms with van der Waals surface area (Å²) in [6, 6.07) is 5.36. The third-order valence-electron chi connectivity index (χ3n) is 3.11. The van der Waals surface area contributed by atoms with E-state index in [1.807, 2.05) is 6.92 Å². The van der Waals surface area contributed by atoms with Gasteiger partial charge in [-0.3, -0.25) is 21.3 Å². The minimum Gasteiger partial charge on any atom is -0.468 e. The number of benzene rings is 1. The lowest BCUT2D eigenvalue weighted by Gasteiger charge is -2.16. The van der Waals surface area contributed by atoms with Gasteiger partial charge in [0, 0.05) is 0 Å². The molecule has 9 heteroatoms. The minimum absolute atomic E-state index is 0.0693. The molecule has 0 aliphatic heterocycles. The van der Waals surface area contributed by atoms with Crippen molar-refractivity contribution in [1.82, 2.24) is 4.72 Å². The summed E-state index contributed by atoms with van der Waals surface area (Å²) in [5, 5.41) is 0. The SMILES string of the molecule is COC(=O)[C@H](CCC[NH+]=C(N)N)NS(=O)(=O)c1ccc(C)cc1. The molecule has 6 N–H and O–H groups in total. The van der Waals surface area contributed by atoms with E-state index < -0.39 is 22.0 Å². The molecule has 1 aromatic rings. The fraction of sp³-hybridized carbons (Fsp3) is 0.429. The average Bonchev–Trinajstić information content (AvgIpc) is 2.49.